The molecule has 5 rings (SSSR count). The minimum absolute atomic E-state index is 0. The SMILES string of the molecule is Cl.O=C(c1ccc(-c2ccc(O)cc2)cc1)N1C[C@@H]2CNC[C@@H]2[C@@H]1c1cccc(F)c1. The number of nitrogens with one attached hydrogen (secondary N) is 1. The number of amides is 1. The number of carbonyl (C=O) groups is 1. The zero-order chi connectivity index (χ0) is 20.7. The number of phenols is 1. The Morgan fingerprint density at radius 2 is 1.65 bits per heavy atom. The average molecular weight is 439 g/mol. The molecule has 4 nitrogen and oxygen atoms in total. The lowest BCUT2D eigenvalue weighted by Crippen LogP contribution is -2.34. The van der Waals surface area contributed by atoms with Crippen LogP contribution in [0.1, 0.15) is 22.0 Å². The Morgan fingerprint density at radius 3 is 2.32 bits per heavy atom. The van der Waals surface area contributed by atoms with E-state index in [1.54, 1.807) is 24.3 Å². The van der Waals surface area contributed by atoms with Crippen molar-refractivity contribution in [3.05, 3.63) is 89.7 Å². The number of aromatic hydroxyl groups is 1. The fraction of sp³-hybridized carbons (Fsp3) is 0.240. The van der Waals surface area contributed by atoms with Crippen molar-refractivity contribution in [2.24, 2.45) is 11.8 Å². The number of fused-ring (bicyclic) bond motifs is 1. The molecular weight excluding hydrogens is 415 g/mol. The van der Waals surface area contributed by atoms with Crippen molar-refractivity contribution in [2.45, 2.75) is 6.04 Å². The molecule has 0 radical (unpaired) electrons. The quantitative estimate of drug-likeness (QED) is 0.625. The van der Waals surface area contributed by atoms with Crippen LogP contribution in [0.25, 0.3) is 11.1 Å². The lowest BCUT2D eigenvalue weighted by Gasteiger charge is -2.28. The molecule has 31 heavy (non-hydrogen) atoms. The summed E-state index contributed by atoms with van der Waals surface area (Å²) in [6.45, 7) is 2.41. The molecule has 3 aromatic carbocycles. The predicted molar refractivity (Wildman–Crippen MR) is 121 cm³/mol. The van der Waals surface area contributed by atoms with Crippen LogP contribution in [0.5, 0.6) is 5.75 Å². The van der Waals surface area contributed by atoms with Gasteiger partial charge in [-0.1, -0.05) is 36.4 Å². The Morgan fingerprint density at radius 1 is 0.968 bits per heavy atom. The predicted octanol–water partition coefficient (Wildman–Crippen LogP) is 4.65. The van der Waals surface area contributed by atoms with Crippen molar-refractivity contribution in [2.75, 3.05) is 19.6 Å². The summed E-state index contributed by atoms with van der Waals surface area (Å²) in [5.74, 6) is 0.622. The molecule has 2 saturated heterocycles. The number of benzene rings is 3. The van der Waals surface area contributed by atoms with Gasteiger partial charge in [0.25, 0.3) is 5.91 Å². The van der Waals surface area contributed by atoms with Crippen LogP contribution in [-0.2, 0) is 0 Å². The van der Waals surface area contributed by atoms with E-state index in [2.05, 4.69) is 5.32 Å². The van der Waals surface area contributed by atoms with Crippen molar-refractivity contribution >= 4 is 18.3 Å². The van der Waals surface area contributed by atoms with E-state index >= 15 is 0 Å². The molecule has 2 aliphatic heterocycles. The van der Waals surface area contributed by atoms with Gasteiger partial charge in [-0.25, -0.2) is 4.39 Å². The molecule has 2 aliphatic rings. The maximum absolute atomic E-state index is 13.9. The number of phenolic OH excluding ortho intramolecular Hbond substituents is 1. The van der Waals surface area contributed by atoms with Gasteiger partial charge < -0.3 is 15.3 Å². The highest BCUT2D eigenvalue weighted by Gasteiger charge is 2.46. The third kappa shape index (κ3) is 4.03. The molecular formula is C25H24ClFN2O2. The third-order valence-corrected chi connectivity index (χ3v) is 6.35. The fourth-order valence-corrected chi connectivity index (χ4v) is 4.87. The fourth-order valence-electron chi connectivity index (χ4n) is 4.87. The van der Waals surface area contributed by atoms with E-state index in [4.69, 9.17) is 0 Å². The van der Waals surface area contributed by atoms with Gasteiger partial charge in [-0.3, -0.25) is 4.79 Å². The molecule has 0 bridgehead atoms. The first kappa shape index (κ1) is 21.3. The van der Waals surface area contributed by atoms with Gasteiger partial charge in [-0.15, -0.1) is 12.4 Å². The van der Waals surface area contributed by atoms with Crippen LogP contribution in [0, 0.1) is 17.7 Å². The third-order valence-electron chi connectivity index (χ3n) is 6.35. The molecule has 3 atom stereocenters. The van der Waals surface area contributed by atoms with Crippen molar-refractivity contribution in [3.8, 4) is 16.9 Å². The number of carbonyl (C=O) groups excluding carboxylic acids is 1. The molecule has 2 N–H and O–H groups in total. The van der Waals surface area contributed by atoms with Crippen molar-refractivity contribution < 1.29 is 14.3 Å². The normalized spacial score (nSPS) is 22.1. The van der Waals surface area contributed by atoms with Gasteiger partial charge >= 0.3 is 0 Å². The molecule has 0 unspecified atom stereocenters. The second-order valence-corrected chi connectivity index (χ2v) is 8.16. The molecule has 0 spiro atoms. The van der Waals surface area contributed by atoms with Gasteiger partial charge in [0.1, 0.15) is 11.6 Å². The minimum atomic E-state index is -0.271. The van der Waals surface area contributed by atoms with E-state index in [1.165, 1.54) is 6.07 Å². The molecule has 1 amide bonds. The average Bonchev–Trinajstić information content (AvgIpc) is 3.35. The Bertz CT molecular complexity index is 1070. The van der Waals surface area contributed by atoms with Gasteiger partial charge in [-0.2, -0.15) is 0 Å². The summed E-state index contributed by atoms with van der Waals surface area (Å²) in [7, 11) is 0. The molecule has 0 aliphatic carbocycles. The van der Waals surface area contributed by atoms with E-state index in [1.807, 2.05) is 47.4 Å². The van der Waals surface area contributed by atoms with Crippen LogP contribution in [0.4, 0.5) is 4.39 Å². The molecule has 6 heteroatoms. The standard InChI is InChI=1S/C25H23FN2O2.ClH/c26-21-3-1-2-19(12-21)24-23-14-27-13-20(23)15-28(24)25(30)18-6-4-16(5-7-18)17-8-10-22(29)11-9-17;/h1-12,20,23-24,27,29H,13-15H2;1H/t20-,23-,24-;/m0./s1. The Balaban J connectivity index is 0.00000231. The number of rotatable bonds is 3. The largest absolute Gasteiger partial charge is 0.508 e. The van der Waals surface area contributed by atoms with Gasteiger partial charge in [0, 0.05) is 31.1 Å². The number of halogens is 2. The Hall–Kier alpha value is -2.89. The Kier molecular flexibility index (Phi) is 5.99. The van der Waals surface area contributed by atoms with E-state index < -0.39 is 0 Å². The van der Waals surface area contributed by atoms with Crippen LogP contribution in [0.15, 0.2) is 72.8 Å². The summed E-state index contributed by atoms with van der Waals surface area (Å²) in [5, 5.41) is 12.9. The monoisotopic (exact) mass is 438 g/mol. The van der Waals surface area contributed by atoms with E-state index in [0.717, 1.165) is 29.8 Å². The summed E-state index contributed by atoms with van der Waals surface area (Å²) in [4.78, 5) is 15.3. The summed E-state index contributed by atoms with van der Waals surface area (Å²) in [6, 6.07) is 21.1. The lowest BCUT2D eigenvalue weighted by atomic mass is 9.89. The zero-order valence-corrected chi connectivity index (χ0v) is 17.7. The maximum atomic E-state index is 13.9. The topological polar surface area (TPSA) is 52.6 Å². The smallest absolute Gasteiger partial charge is 0.254 e. The molecule has 3 aromatic rings. The van der Waals surface area contributed by atoms with E-state index in [9.17, 15) is 14.3 Å². The summed E-state index contributed by atoms with van der Waals surface area (Å²) in [5.41, 5.74) is 3.45. The second kappa shape index (κ2) is 8.69. The number of nitrogens with zero attached hydrogens (tertiary/aromatic N) is 1. The molecule has 160 valence electrons. The van der Waals surface area contributed by atoms with Crippen LogP contribution in [-0.4, -0.2) is 35.5 Å². The van der Waals surface area contributed by atoms with Crippen LogP contribution in [0.3, 0.4) is 0 Å². The minimum Gasteiger partial charge on any atom is -0.508 e. The van der Waals surface area contributed by atoms with E-state index in [0.29, 0.717) is 23.9 Å². The van der Waals surface area contributed by atoms with Crippen molar-refractivity contribution in [1.82, 2.24) is 10.2 Å². The van der Waals surface area contributed by atoms with E-state index in [-0.39, 0.29) is 35.9 Å². The second-order valence-electron chi connectivity index (χ2n) is 8.16. The highest BCUT2D eigenvalue weighted by Crippen LogP contribution is 2.43. The first-order valence-corrected chi connectivity index (χ1v) is 10.3. The van der Waals surface area contributed by atoms with Gasteiger partial charge in [-0.05, 0) is 59.0 Å². The highest BCUT2D eigenvalue weighted by molar-refractivity contribution is 5.95. The summed E-state index contributed by atoms with van der Waals surface area (Å²) >= 11 is 0. The summed E-state index contributed by atoms with van der Waals surface area (Å²) in [6.07, 6.45) is 0. The molecule has 2 fully saturated rings. The molecule has 0 aromatic heterocycles. The zero-order valence-electron chi connectivity index (χ0n) is 16.9. The number of hydrogen-bond donors (Lipinski definition) is 2. The lowest BCUT2D eigenvalue weighted by molar-refractivity contribution is 0.0714. The maximum Gasteiger partial charge on any atom is 0.254 e. The number of likely N-dealkylation sites (tertiary alicyclic amines) is 1. The van der Waals surface area contributed by atoms with Gasteiger partial charge in [0.05, 0.1) is 6.04 Å². The van der Waals surface area contributed by atoms with Crippen LogP contribution in [0.2, 0.25) is 0 Å². The molecule has 0 saturated carbocycles. The highest BCUT2D eigenvalue weighted by atomic mass is 35.5. The van der Waals surface area contributed by atoms with Crippen LogP contribution >= 0.6 is 12.4 Å². The first-order valence-electron chi connectivity index (χ1n) is 10.3. The van der Waals surface area contributed by atoms with Gasteiger partial charge in [0.15, 0.2) is 0 Å². The first-order chi connectivity index (χ1) is 14.6. The molecule has 2 heterocycles. The Labute approximate surface area is 187 Å². The van der Waals surface area contributed by atoms with Crippen molar-refractivity contribution in [3.63, 3.8) is 0 Å². The van der Waals surface area contributed by atoms with Crippen LogP contribution < -0.4 is 5.32 Å². The number of hydrogen-bond acceptors (Lipinski definition) is 3. The summed E-state index contributed by atoms with van der Waals surface area (Å²) < 4.78 is 13.9. The van der Waals surface area contributed by atoms with Gasteiger partial charge in [0.2, 0.25) is 0 Å². The van der Waals surface area contributed by atoms with Crippen molar-refractivity contribution in [1.29, 1.82) is 0 Å².